The predicted octanol–water partition coefficient (Wildman–Crippen LogP) is 4.84. The number of hydrogen-bond acceptors (Lipinski definition) is 4. The molecule has 116 valence electrons. The van der Waals surface area contributed by atoms with Gasteiger partial charge in [0.1, 0.15) is 5.82 Å². The van der Waals surface area contributed by atoms with Gasteiger partial charge < -0.3 is 0 Å². The van der Waals surface area contributed by atoms with Gasteiger partial charge in [-0.2, -0.15) is 0 Å². The molecule has 0 aliphatic rings. The van der Waals surface area contributed by atoms with Crippen molar-refractivity contribution >= 4 is 23.5 Å². The quantitative estimate of drug-likeness (QED) is 0.455. The maximum atomic E-state index is 4.40. The molecule has 5 heteroatoms. The van der Waals surface area contributed by atoms with E-state index in [1.165, 1.54) is 4.90 Å². The molecule has 0 saturated heterocycles. The fourth-order valence-electron chi connectivity index (χ4n) is 2.12. The number of benzene rings is 2. The van der Waals surface area contributed by atoms with Gasteiger partial charge in [0, 0.05) is 16.3 Å². The van der Waals surface area contributed by atoms with Crippen LogP contribution < -0.4 is 0 Å². The molecule has 0 atom stereocenters. The molecular formula is C18H17N3S2. The molecule has 3 rings (SSSR count). The minimum Gasteiger partial charge on any atom is -0.273 e. The van der Waals surface area contributed by atoms with E-state index >= 15 is 0 Å². The SMILES string of the molecule is C=CCSc1nnc(CSc2ccccc2)n1-c1ccccc1. The lowest BCUT2D eigenvalue weighted by Gasteiger charge is -2.09. The van der Waals surface area contributed by atoms with Crippen LogP contribution in [0.2, 0.25) is 0 Å². The molecule has 0 aliphatic carbocycles. The van der Waals surface area contributed by atoms with Crippen molar-refractivity contribution in [3.05, 3.63) is 79.1 Å². The third kappa shape index (κ3) is 4.06. The van der Waals surface area contributed by atoms with Gasteiger partial charge in [-0.15, -0.1) is 28.5 Å². The molecule has 0 unspecified atom stereocenters. The van der Waals surface area contributed by atoms with Gasteiger partial charge in [0.2, 0.25) is 0 Å². The predicted molar refractivity (Wildman–Crippen MR) is 98.3 cm³/mol. The summed E-state index contributed by atoms with van der Waals surface area (Å²) in [5.74, 6) is 2.55. The summed E-state index contributed by atoms with van der Waals surface area (Å²) in [6.07, 6.45) is 1.88. The first-order valence-electron chi connectivity index (χ1n) is 7.30. The van der Waals surface area contributed by atoms with Crippen molar-refractivity contribution in [2.24, 2.45) is 0 Å². The van der Waals surface area contributed by atoms with E-state index < -0.39 is 0 Å². The summed E-state index contributed by atoms with van der Waals surface area (Å²) in [7, 11) is 0. The van der Waals surface area contributed by atoms with Gasteiger partial charge >= 0.3 is 0 Å². The number of nitrogens with zero attached hydrogens (tertiary/aromatic N) is 3. The average molecular weight is 339 g/mol. The van der Waals surface area contributed by atoms with Crippen LogP contribution in [0.3, 0.4) is 0 Å². The first kappa shape index (κ1) is 15.9. The molecule has 3 aromatic rings. The minimum absolute atomic E-state index is 0.778. The summed E-state index contributed by atoms with van der Waals surface area (Å²) < 4.78 is 2.13. The molecule has 3 nitrogen and oxygen atoms in total. The lowest BCUT2D eigenvalue weighted by Crippen LogP contribution is -2.01. The van der Waals surface area contributed by atoms with Crippen LogP contribution >= 0.6 is 23.5 Å². The summed E-state index contributed by atoms with van der Waals surface area (Å²) in [5, 5.41) is 9.66. The van der Waals surface area contributed by atoms with Gasteiger partial charge in [0.25, 0.3) is 0 Å². The Morgan fingerprint density at radius 1 is 0.913 bits per heavy atom. The molecule has 23 heavy (non-hydrogen) atoms. The lowest BCUT2D eigenvalue weighted by molar-refractivity contribution is 0.866. The van der Waals surface area contributed by atoms with Crippen LogP contribution in [-0.4, -0.2) is 20.5 Å². The molecule has 0 amide bonds. The molecule has 0 aliphatic heterocycles. The molecule has 0 saturated carbocycles. The number of thioether (sulfide) groups is 2. The highest BCUT2D eigenvalue weighted by atomic mass is 32.2. The van der Waals surface area contributed by atoms with Gasteiger partial charge in [-0.05, 0) is 24.3 Å². The molecule has 0 bridgehead atoms. The van der Waals surface area contributed by atoms with Crippen LogP contribution in [-0.2, 0) is 5.75 Å². The van der Waals surface area contributed by atoms with Gasteiger partial charge in [0.05, 0.1) is 5.75 Å². The normalized spacial score (nSPS) is 10.6. The summed E-state index contributed by atoms with van der Waals surface area (Å²) in [6.45, 7) is 3.78. The van der Waals surface area contributed by atoms with E-state index in [4.69, 9.17) is 0 Å². The maximum absolute atomic E-state index is 4.40. The first-order chi connectivity index (χ1) is 11.4. The third-order valence-corrected chi connectivity index (χ3v) is 5.09. The Bertz CT molecular complexity index is 754. The third-order valence-electron chi connectivity index (χ3n) is 3.16. The molecule has 0 spiro atoms. The monoisotopic (exact) mass is 339 g/mol. The highest BCUT2D eigenvalue weighted by Crippen LogP contribution is 2.27. The van der Waals surface area contributed by atoms with E-state index in [0.29, 0.717) is 0 Å². The van der Waals surface area contributed by atoms with Crippen molar-refractivity contribution in [1.29, 1.82) is 0 Å². The van der Waals surface area contributed by atoms with Crippen LogP contribution in [0.5, 0.6) is 0 Å². The van der Waals surface area contributed by atoms with Crippen LogP contribution in [0.4, 0.5) is 0 Å². The van der Waals surface area contributed by atoms with Crippen molar-refractivity contribution in [2.45, 2.75) is 15.8 Å². The second-order valence-electron chi connectivity index (χ2n) is 4.77. The van der Waals surface area contributed by atoms with Crippen molar-refractivity contribution in [1.82, 2.24) is 14.8 Å². The Hall–Kier alpha value is -1.98. The van der Waals surface area contributed by atoms with E-state index in [0.717, 1.165) is 28.2 Å². The fourth-order valence-corrected chi connectivity index (χ4v) is 3.66. The molecule has 1 aromatic heterocycles. The number of para-hydroxylation sites is 1. The topological polar surface area (TPSA) is 30.7 Å². The second kappa shape index (κ2) is 8.04. The molecule has 2 aromatic carbocycles. The minimum atomic E-state index is 0.778. The second-order valence-corrected chi connectivity index (χ2v) is 6.81. The standard InChI is InChI=1S/C18H17N3S2/c1-2-13-22-18-20-19-17(14-23-16-11-7-4-8-12-16)21(18)15-9-5-3-6-10-15/h2-12H,1,13-14H2. The Balaban J connectivity index is 1.87. The molecule has 1 heterocycles. The zero-order valence-electron chi connectivity index (χ0n) is 12.6. The zero-order valence-corrected chi connectivity index (χ0v) is 14.3. The Morgan fingerprint density at radius 3 is 2.30 bits per heavy atom. The highest BCUT2D eigenvalue weighted by molar-refractivity contribution is 7.99. The summed E-state index contributed by atoms with van der Waals surface area (Å²) >= 11 is 3.41. The van der Waals surface area contributed by atoms with Crippen LogP contribution in [0.25, 0.3) is 5.69 Å². The van der Waals surface area contributed by atoms with Crippen molar-refractivity contribution in [2.75, 3.05) is 5.75 Å². The van der Waals surface area contributed by atoms with E-state index in [2.05, 4.69) is 57.7 Å². The van der Waals surface area contributed by atoms with Gasteiger partial charge in [0.15, 0.2) is 5.16 Å². The van der Waals surface area contributed by atoms with Crippen LogP contribution in [0, 0.1) is 0 Å². The van der Waals surface area contributed by atoms with E-state index in [1.54, 1.807) is 23.5 Å². The number of hydrogen-bond donors (Lipinski definition) is 0. The molecule has 0 fully saturated rings. The van der Waals surface area contributed by atoms with Crippen LogP contribution in [0.1, 0.15) is 5.82 Å². The number of aromatic nitrogens is 3. The summed E-state index contributed by atoms with van der Waals surface area (Å²) in [6, 6.07) is 20.6. The molecule has 0 radical (unpaired) electrons. The fraction of sp³-hybridized carbons (Fsp3) is 0.111. The van der Waals surface area contributed by atoms with Crippen LogP contribution in [0.15, 0.2) is 83.4 Å². The lowest BCUT2D eigenvalue weighted by atomic mass is 10.3. The maximum Gasteiger partial charge on any atom is 0.196 e. The Kier molecular flexibility index (Phi) is 5.56. The smallest absolute Gasteiger partial charge is 0.196 e. The summed E-state index contributed by atoms with van der Waals surface area (Å²) in [4.78, 5) is 1.23. The highest BCUT2D eigenvalue weighted by Gasteiger charge is 2.14. The summed E-state index contributed by atoms with van der Waals surface area (Å²) in [5.41, 5.74) is 1.09. The van der Waals surface area contributed by atoms with E-state index in [1.807, 2.05) is 30.3 Å². The average Bonchev–Trinajstić information content (AvgIpc) is 3.02. The Morgan fingerprint density at radius 2 is 1.61 bits per heavy atom. The number of rotatable bonds is 7. The van der Waals surface area contributed by atoms with Gasteiger partial charge in [-0.25, -0.2) is 0 Å². The van der Waals surface area contributed by atoms with E-state index in [9.17, 15) is 0 Å². The largest absolute Gasteiger partial charge is 0.273 e. The van der Waals surface area contributed by atoms with E-state index in [-0.39, 0.29) is 0 Å². The van der Waals surface area contributed by atoms with Gasteiger partial charge in [-0.3, -0.25) is 4.57 Å². The molecular weight excluding hydrogens is 322 g/mol. The van der Waals surface area contributed by atoms with Crippen molar-refractivity contribution in [3.63, 3.8) is 0 Å². The zero-order chi connectivity index (χ0) is 15.9. The van der Waals surface area contributed by atoms with Crippen molar-refractivity contribution < 1.29 is 0 Å². The molecule has 0 N–H and O–H groups in total. The van der Waals surface area contributed by atoms with Gasteiger partial charge in [-0.1, -0.05) is 54.2 Å². The Labute approximate surface area is 144 Å². The first-order valence-corrected chi connectivity index (χ1v) is 9.27. The van der Waals surface area contributed by atoms with Crippen molar-refractivity contribution in [3.8, 4) is 5.69 Å².